The van der Waals surface area contributed by atoms with Gasteiger partial charge in [-0.1, -0.05) is 28.1 Å². The smallest absolute Gasteiger partial charge is 0.335 e. The third kappa shape index (κ3) is 4.06. The van der Waals surface area contributed by atoms with E-state index in [9.17, 15) is 9.59 Å². The first kappa shape index (κ1) is 15.1. The highest BCUT2D eigenvalue weighted by Crippen LogP contribution is 2.17. The third-order valence-electron chi connectivity index (χ3n) is 2.84. The molecule has 2 rings (SSSR count). The number of aromatic carboxylic acids is 1. The summed E-state index contributed by atoms with van der Waals surface area (Å²) in [7, 11) is 0. The Labute approximate surface area is 129 Å². The SMILES string of the molecule is Nc1cc(Br)cc(C(=O)NCc2ccc(C(=O)O)cc2)c1. The van der Waals surface area contributed by atoms with Crippen molar-refractivity contribution in [2.45, 2.75) is 6.54 Å². The normalized spacial score (nSPS) is 10.1. The Hall–Kier alpha value is -2.34. The van der Waals surface area contributed by atoms with E-state index in [1.54, 1.807) is 30.3 Å². The summed E-state index contributed by atoms with van der Waals surface area (Å²) < 4.78 is 0.735. The average Bonchev–Trinajstić information content (AvgIpc) is 2.44. The molecule has 0 spiro atoms. The Morgan fingerprint density at radius 2 is 1.76 bits per heavy atom. The molecular formula is C15H13BrN2O3. The van der Waals surface area contributed by atoms with Gasteiger partial charge >= 0.3 is 5.97 Å². The number of anilines is 1. The van der Waals surface area contributed by atoms with Crippen LogP contribution in [0.2, 0.25) is 0 Å². The van der Waals surface area contributed by atoms with Crippen LogP contribution in [0.25, 0.3) is 0 Å². The summed E-state index contributed by atoms with van der Waals surface area (Å²) in [5.74, 6) is -1.22. The van der Waals surface area contributed by atoms with Gasteiger partial charge in [-0.05, 0) is 35.9 Å². The van der Waals surface area contributed by atoms with E-state index >= 15 is 0 Å². The summed E-state index contributed by atoms with van der Waals surface area (Å²) in [6.45, 7) is 0.311. The lowest BCUT2D eigenvalue weighted by atomic mass is 10.1. The van der Waals surface area contributed by atoms with Crippen molar-refractivity contribution >= 4 is 33.5 Å². The molecule has 5 nitrogen and oxygen atoms in total. The lowest BCUT2D eigenvalue weighted by Gasteiger charge is -2.07. The fourth-order valence-corrected chi connectivity index (χ4v) is 2.30. The largest absolute Gasteiger partial charge is 0.478 e. The zero-order valence-corrected chi connectivity index (χ0v) is 12.6. The van der Waals surface area contributed by atoms with Crippen molar-refractivity contribution in [1.29, 1.82) is 0 Å². The Morgan fingerprint density at radius 3 is 2.33 bits per heavy atom. The lowest BCUT2D eigenvalue weighted by molar-refractivity contribution is 0.0696. The summed E-state index contributed by atoms with van der Waals surface area (Å²) in [5, 5.41) is 11.6. The van der Waals surface area contributed by atoms with Crippen molar-refractivity contribution in [2.24, 2.45) is 0 Å². The van der Waals surface area contributed by atoms with Crippen molar-refractivity contribution in [3.8, 4) is 0 Å². The highest BCUT2D eigenvalue weighted by molar-refractivity contribution is 9.10. The van der Waals surface area contributed by atoms with Gasteiger partial charge in [0.2, 0.25) is 0 Å². The number of benzene rings is 2. The topological polar surface area (TPSA) is 92.4 Å². The number of rotatable bonds is 4. The van der Waals surface area contributed by atoms with Gasteiger partial charge in [0.1, 0.15) is 0 Å². The second kappa shape index (κ2) is 6.41. The second-order valence-electron chi connectivity index (χ2n) is 4.46. The Bertz CT molecular complexity index is 664. The zero-order chi connectivity index (χ0) is 15.4. The molecule has 0 aromatic heterocycles. The summed E-state index contributed by atoms with van der Waals surface area (Å²) in [4.78, 5) is 22.8. The number of nitrogens with one attached hydrogen (secondary N) is 1. The number of hydrogen-bond donors (Lipinski definition) is 3. The molecule has 0 aliphatic heterocycles. The van der Waals surface area contributed by atoms with Gasteiger partial charge in [-0.3, -0.25) is 4.79 Å². The van der Waals surface area contributed by atoms with Crippen LogP contribution in [-0.4, -0.2) is 17.0 Å². The van der Waals surface area contributed by atoms with Gasteiger partial charge in [-0.2, -0.15) is 0 Å². The molecule has 2 aromatic rings. The molecule has 1 amide bonds. The van der Waals surface area contributed by atoms with Crippen molar-refractivity contribution in [2.75, 3.05) is 5.73 Å². The van der Waals surface area contributed by atoms with Crippen LogP contribution in [0.1, 0.15) is 26.3 Å². The molecule has 21 heavy (non-hydrogen) atoms. The molecule has 0 saturated heterocycles. The molecule has 0 fully saturated rings. The van der Waals surface area contributed by atoms with Gasteiger partial charge in [0.05, 0.1) is 5.56 Å². The monoisotopic (exact) mass is 348 g/mol. The summed E-state index contributed by atoms with van der Waals surface area (Å²) in [6.07, 6.45) is 0. The predicted octanol–water partition coefficient (Wildman–Crippen LogP) is 2.66. The summed E-state index contributed by atoms with van der Waals surface area (Å²) >= 11 is 3.28. The number of nitrogen functional groups attached to an aromatic ring is 1. The van der Waals surface area contributed by atoms with E-state index in [0.29, 0.717) is 17.8 Å². The predicted molar refractivity (Wildman–Crippen MR) is 83.1 cm³/mol. The molecule has 0 radical (unpaired) electrons. The Balaban J connectivity index is 2.02. The number of carboxylic acids is 1. The quantitative estimate of drug-likeness (QED) is 0.740. The summed E-state index contributed by atoms with van der Waals surface area (Å²) in [6, 6.07) is 11.3. The van der Waals surface area contributed by atoms with Crippen LogP contribution < -0.4 is 11.1 Å². The second-order valence-corrected chi connectivity index (χ2v) is 5.37. The molecular weight excluding hydrogens is 336 g/mol. The van der Waals surface area contributed by atoms with E-state index in [4.69, 9.17) is 10.8 Å². The van der Waals surface area contributed by atoms with Gasteiger partial charge < -0.3 is 16.2 Å². The molecule has 6 heteroatoms. The van der Waals surface area contributed by atoms with Crippen molar-refractivity contribution < 1.29 is 14.7 Å². The maximum Gasteiger partial charge on any atom is 0.335 e. The molecule has 0 aliphatic rings. The first-order chi connectivity index (χ1) is 9.95. The number of halogens is 1. The minimum absolute atomic E-state index is 0.213. The van der Waals surface area contributed by atoms with Gasteiger partial charge in [0, 0.05) is 22.3 Å². The summed E-state index contributed by atoms with van der Waals surface area (Å²) in [5.41, 5.74) is 7.68. The highest BCUT2D eigenvalue weighted by Gasteiger charge is 2.08. The highest BCUT2D eigenvalue weighted by atomic mass is 79.9. The van der Waals surface area contributed by atoms with E-state index in [1.807, 2.05) is 0 Å². The van der Waals surface area contributed by atoms with Crippen LogP contribution in [0.5, 0.6) is 0 Å². The number of hydrogen-bond acceptors (Lipinski definition) is 3. The number of carbonyl (C=O) groups is 2. The van der Waals surface area contributed by atoms with E-state index in [-0.39, 0.29) is 11.5 Å². The number of nitrogens with two attached hydrogens (primary N) is 1. The van der Waals surface area contributed by atoms with E-state index in [1.165, 1.54) is 12.1 Å². The fraction of sp³-hybridized carbons (Fsp3) is 0.0667. The van der Waals surface area contributed by atoms with Gasteiger partial charge in [0.25, 0.3) is 5.91 Å². The van der Waals surface area contributed by atoms with Crippen LogP contribution in [0, 0.1) is 0 Å². The third-order valence-corrected chi connectivity index (χ3v) is 3.29. The number of amides is 1. The molecule has 0 saturated carbocycles. The molecule has 108 valence electrons. The van der Waals surface area contributed by atoms with Crippen LogP contribution in [0.4, 0.5) is 5.69 Å². The van der Waals surface area contributed by atoms with Crippen LogP contribution in [0.15, 0.2) is 46.9 Å². The standard InChI is InChI=1S/C15H13BrN2O3/c16-12-5-11(6-13(17)7-12)14(19)18-8-9-1-3-10(4-2-9)15(20)21/h1-7H,8,17H2,(H,18,19)(H,20,21). The molecule has 0 unspecified atom stereocenters. The van der Waals surface area contributed by atoms with E-state index < -0.39 is 5.97 Å². The molecule has 4 N–H and O–H groups in total. The Morgan fingerprint density at radius 1 is 1.10 bits per heavy atom. The Kier molecular flexibility index (Phi) is 4.59. The van der Waals surface area contributed by atoms with E-state index in [2.05, 4.69) is 21.2 Å². The maximum atomic E-state index is 12.0. The van der Waals surface area contributed by atoms with Crippen molar-refractivity contribution in [3.05, 3.63) is 63.6 Å². The van der Waals surface area contributed by atoms with Crippen LogP contribution in [-0.2, 0) is 6.54 Å². The van der Waals surface area contributed by atoms with Crippen LogP contribution in [0.3, 0.4) is 0 Å². The van der Waals surface area contributed by atoms with Gasteiger partial charge in [0.15, 0.2) is 0 Å². The van der Waals surface area contributed by atoms with Crippen molar-refractivity contribution in [3.63, 3.8) is 0 Å². The minimum atomic E-state index is -0.977. The molecule has 0 bridgehead atoms. The molecule has 0 aliphatic carbocycles. The fourth-order valence-electron chi connectivity index (χ4n) is 1.79. The number of carboxylic acid groups (broad SMARTS) is 1. The average molecular weight is 349 g/mol. The zero-order valence-electron chi connectivity index (χ0n) is 11.0. The van der Waals surface area contributed by atoms with Gasteiger partial charge in [-0.15, -0.1) is 0 Å². The first-order valence-electron chi connectivity index (χ1n) is 6.12. The van der Waals surface area contributed by atoms with E-state index in [0.717, 1.165) is 10.0 Å². The molecule has 0 heterocycles. The maximum absolute atomic E-state index is 12.0. The van der Waals surface area contributed by atoms with Gasteiger partial charge in [-0.25, -0.2) is 4.79 Å². The molecule has 0 atom stereocenters. The number of carbonyl (C=O) groups excluding carboxylic acids is 1. The lowest BCUT2D eigenvalue weighted by Crippen LogP contribution is -2.22. The first-order valence-corrected chi connectivity index (χ1v) is 6.91. The van der Waals surface area contributed by atoms with Crippen LogP contribution >= 0.6 is 15.9 Å². The minimum Gasteiger partial charge on any atom is -0.478 e. The van der Waals surface area contributed by atoms with Crippen molar-refractivity contribution in [1.82, 2.24) is 5.32 Å². The molecule has 2 aromatic carbocycles.